The average molecular weight is 339 g/mol. The van der Waals surface area contributed by atoms with Crippen LogP contribution in [0.25, 0.3) is 0 Å². The summed E-state index contributed by atoms with van der Waals surface area (Å²) in [4.78, 5) is 0. The smallest absolute Gasteiger partial charge is 0.206 e. The summed E-state index contributed by atoms with van der Waals surface area (Å²) in [6.07, 6.45) is 2.33. The SMILES string of the molecule is CCCCNc1nnc(SCCOc2ccc(OC)cc2)s1. The predicted octanol–water partition coefficient (Wildman–Crippen LogP) is 3.93. The number of hydrogen-bond donors (Lipinski definition) is 1. The van der Waals surface area contributed by atoms with Gasteiger partial charge in [0.1, 0.15) is 11.5 Å². The maximum absolute atomic E-state index is 5.68. The zero-order valence-corrected chi connectivity index (χ0v) is 14.5. The van der Waals surface area contributed by atoms with Gasteiger partial charge in [-0.3, -0.25) is 0 Å². The van der Waals surface area contributed by atoms with Gasteiger partial charge >= 0.3 is 0 Å². The highest BCUT2D eigenvalue weighted by Gasteiger charge is 2.04. The van der Waals surface area contributed by atoms with Gasteiger partial charge in [0.2, 0.25) is 5.13 Å². The summed E-state index contributed by atoms with van der Waals surface area (Å²) in [6.45, 7) is 3.76. The van der Waals surface area contributed by atoms with Crippen molar-refractivity contribution in [1.82, 2.24) is 10.2 Å². The number of ether oxygens (including phenoxy) is 2. The van der Waals surface area contributed by atoms with Gasteiger partial charge in [0.05, 0.1) is 13.7 Å². The number of unbranched alkanes of at least 4 members (excludes halogenated alkanes) is 1. The van der Waals surface area contributed by atoms with E-state index in [4.69, 9.17) is 9.47 Å². The van der Waals surface area contributed by atoms with E-state index in [1.807, 2.05) is 24.3 Å². The molecule has 2 aromatic rings. The molecule has 5 nitrogen and oxygen atoms in total. The van der Waals surface area contributed by atoms with E-state index in [-0.39, 0.29) is 0 Å². The second kappa shape index (κ2) is 9.53. The van der Waals surface area contributed by atoms with Crippen LogP contribution in [0.15, 0.2) is 28.6 Å². The summed E-state index contributed by atoms with van der Waals surface area (Å²) in [5.74, 6) is 2.52. The van der Waals surface area contributed by atoms with Crippen LogP contribution >= 0.6 is 23.1 Å². The number of nitrogens with zero attached hydrogens (tertiary/aromatic N) is 2. The second-order valence-corrected chi connectivity index (χ2v) is 6.85. The van der Waals surface area contributed by atoms with Crippen LogP contribution in [0, 0.1) is 0 Å². The molecule has 1 heterocycles. The van der Waals surface area contributed by atoms with Crippen LogP contribution in [0.1, 0.15) is 19.8 Å². The van der Waals surface area contributed by atoms with Gasteiger partial charge in [-0.05, 0) is 30.7 Å². The quantitative estimate of drug-likeness (QED) is 0.523. The minimum absolute atomic E-state index is 0.634. The molecule has 0 fully saturated rings. The normalized spacial score (nSPS) is 10.5. The van der Waals surface area contributed by atoms with E-state index >= 15 is 0 Å². The number of nitrogens with one attached hydrogen (secondary N) is 1. The first-order valence-electron chi connectivity index (χ1n) is 7.29. The molecule has 120 valence electrons. The molecule has 0 aliphatic rings. The van der Waals surface area contributed by atoms with Gasteiger partial charge in [-0.2, -0.15) is 0 Å². The topological polar surface area (TPSA) is 56.3 Å². The molecule has 22 heavy (non-hydrogen) atoms. The molecule has 1 aromatic heterocycles. The molecule has 0 unspecified atom stereocenters. The van der Waals surface area contributed by atoms with E-state index in [1.165, 1.54) is 6.42 Å². The Kier molecular flexibility index (Phi) is 7.32. The van der Waals surface area contributed by atoms with Crippen molar-refractivity contribution in [2.75, 3.05) is 31.3 Å². The van der Waals surface area contributed by atoms with Gasteiger partial charge in [0.25, 0.3) is 0 Å². The minimum Gasteiger partial charge on any atom is -0.497 e. The Morgan fingerprint density at radius 1 is 1.18 bits per heavy atom. The van der Waals surface area contributed by atoms with Crippen molar-refractivity contribution in [3.8, 4) is 11.5 Å². The van der Waals surface area contributed by atoms with Crippen molar-refractivity contribution >= 4 is 28.2 Å². The lowest BCUT2D eigenvalue weighted by Crippen LogP contribution is -1.99. The maximum atomic E-state index is 5.68. The Balaban J connectivity index is 1.65. The molecule has 0 saturated carbocycles. The summed E-state index contributed by atoms with van der Waals surface area (Å²) in [7, 11) is 1.65. The van der Waals surface area contributed by atoms with Crippen LogP contribution in [0.4, 0.5) is 5.13 Å². The first kappa shape index (κ1) is 16.9. The van der Waals surface area contributed by atoms with E-state index < -0.39 is 0 Å². The molecule has 0 bridgehead atoms. The average Bonchev–Trinajstić information content (AvgIpc) is 3.00. The predicted molar refractivity (Wildman–Crippen MR) is 92.5 cm³/mol. The zero-order valence-electron chi connectivity index (χ0n) is 12.9. The highest BCUT2D eigenvalue weighted by molar-refractivity contribution is 8.01. The van der Waals surface area contributed by atoms with Crippen molar-refractivity contribution in [3.63, 3.8) is 0 Å². The van der Waals surface area contributed by atoms with E-state index in [2.05, 4.69) is 22.4 Å². The van der Waals surface area contributed by atoms with Crippen LogP contribution in [-0.4, -0.2) is 36.2 Å². The Hall–Kier alpha value is -1.47. The number of thioether (sulfide) groups is 1. The van der Waals surface area contributed by atoms with Crippen LogP contribution < -0.4 is 14.8 Å². The molecule has 2 rings (SSSR count). The van der Waals surface area contributed by atoms with E-state index in [0.29, 0.717) is 6.61 Å². The number of aromatic nitrogens is 2. The van der Waals surface area contributed by atoms with Crippen LogP contribution in [0.2, 0.25) is 0 Å². The summed E-state index contributed by atoms with van der Waals surface area (Å²) in [5, 5.41) is 12.5. The lowest BCUT2D eigenvalue weighted by Gasteiger charge is -2.05. The van der Waals surface area contributed by atoms with Crippen LogP contribution in [0.5, 0.6) is 11.5 Å². The summed E-state index contributed by atoms with van der Waals surface area (Å²) >= 11 is 3.25. The first-order chi connectivity index (χ1) is 10.8. The van der Waals surface area contributed by atoms with Crippen molar-refractivity contribution in [2.45, 2.75) is 24.1 Å². The molecule has 1 N–H and O–H groups in total. The molecule has 0 aliphatic carbocycles. The van der Waals surface area contributed by atoms with Crippen molar-refractivity contribution in [2.24, 2.45) is 0 Å². The van der Waals surface area contributed by atoms with Gasteiger partial charge in [0, 0.05) is 12.3 Å². The zero-order chi connectivity index (χ0) is 15.6. The summed E-state index contributed by atoms with van der Waals surface area (Å²) < 4.78 is 11.8. The second-order valence-electron chi connectivity index (χ2n) is 4.53. The number of methoxy groups -OCH3 is 1. The van der Waals surface area contributed by atoms with Gasteiger partial charge in [0.15, 0.2) is 4.34 Å². The van der Waals surface area contributed by atoms with Crippen molar-refractivity contribution in [3.05, 3.63) is 24.3 Å². The highest BCUT2D eigenvalue weighted by Crippen LogP contribution is 2.25. The van der Waals surface area contributed by atoms with E-state index in [1.54, 1.807) is 30.2 Å². The number of rotatable bonds is 10. The third-order valence-corrected chi connectivity index (χ3v) is 4.83. The fourth-order valence-corrected chi connectivity index (χ4v) is 3.34. The molecule has 0 radical (unpaired) electrons. The Bertz CT molecular complexity index is 546. The van der Waals surface area contributed by atoms with Gasteiger partial charge in [-0.25, -0.2) is 0 Å². The number of anilines is 1. The Morgan fingerprint density at radius 3 is 2.68 bits per heavy atom. The van der Waals surface area contributed by atoms with Gasteiger partial charge < -0.3 is 14.8 Å². The van der Waals surface area contributed by atoms with Crippen molar-refractivity contribution < 1.29 is 9.47 Å². The molecule has 0 amide bonds. The van der Waals surface area contributed by atoms with Crippen LogP contribution in [0.3, 0.4) is 0 Å². The molecule has 0 spiro atoms. The lowest BCUT2D eigenvalue weighted by molar-refractivity contribution is 0.342. The largest absolute Gasteiger partial charge is 0.497 e. The monoisotopic (exact) mass is 339 g/mol. The molecule has 0 aliphatic heterocycles. The third kappa shape index (κ3) is 5.73. The first-order valence-corrected chi connectivity index (χ1v) is 9.09. The number of hydrogen-bond acceptors (Lipinski definition) is 7. The standard InChI is InChI=1S/C15H21N3O2S2/c1-3-4-9-16-14-17-18-15(22-14)21-11-10-20-13-7-5-12(19-2)6-8-13/h5-8H,3-4,9-11H2,1-2H3,(H,16,17). The number of benzene rings is 1. The molecular formula is C15H21N3O2S2. The maximum Gasteiger partial charge on any atom is 0.206 e. The third-order valence-electron chi connectivity index (χ3n) is 2.85. The van der Waals surface area contributed by atoms with E-state index in [9.17, 15) is 0 Å². The summed E-state index contributed by atoms with van der Waals surface area (Å²) in [6, 6.07) is 7.59. The Morgan fingerprint density at radius 2 is 1.95 bits per heavy atom. The van der Waals surface area contributed by atoms with Crippen molar-refractivity contribution in [1.29, 1.82) is 0 Å². The lowest BCUT2D eigenvalue weighted by atomic mass is 10.3. The molecule has 0 atom stereocenters. The molecule has 1 aromatic carbocycles. The molecule has 7 heteroatoms. The molecule has 0 saturated heterocycles. The van der Waals surface area contributed by atoms with E-state index in [0.717, 1.165) is 39.7 Å². The summed E-state index contributed by atoms with van der Waals surface area (Å²) in [5.41, 5.74) is 0. The fourth-order valence-electron chi connectivity index (χ4n) is 1.67. The Labute approximate surface area is 139 Å². The van der Waals surface area contributed by atoms with Gasteiger partial charge in [-0.15, -0.1) is 10.2 Å². The van der Waals surface area contributed by atoms with Crippen LogP contribution in [-0.2, 0) is 0 Å². The fraction of sp³-hybridized carbons (Fsp3) is 0.467. The highest BCUT2D eigenvalue weighted by atomic mass is 32.2. The van der Waals surface area contributed by atoms with Gasteiger partial charge in [-0.1, -0.05) is 36.4 Å². The minimum atomic E-state index is 0.634. The molecular weight excluding hydrogens is 318 g/mol.